The van der Waals surface area contributed by atoms with Gasteiger partial charge in [0, 0.05) is 30.5 Å². The van der Waals surface area contributed by atoms with Gasteiger partial charge in [-0.1, -0.05) is 46.3 Å². The van der Waals surface area contributed by atoms with Crippen LogP contribution in [0.3, 0.4) is 0 Å². The first-order chi connectivity index (χ1) is 12.7. The molecule has 0 aliphatic rings. The number of thiazole rings is 1. The minimum atomic E-state index is -4.18. The van der Waals surface area contributed by atoms with Crippen LogP contribution in [-0.4, -0.2) is 47.0 Å². The zero-order valence-corrected chi connectivity index (χ0v) is 17.1. The van der Waals surface area contributed by atoms with E-state index in [0.717, 1.165) is 23.1 Å². The lowest BCUT2D eigenvalue weighted by Gasteiger charge is -2.15. The highest BCUT2D eigenvalue weighted by Crippen LogP contribution is 2.35. The number of rotatable bonds is 9. The van der Waals surface area contributed by atoms with Gasteiger partial charge in [0.25, 0.3) is 0 Å². The van der Waals surface area contributed by atoms with Crippen LogP contribution in [0.25, 0.3) is 5.57 Å². The van der Waals surface area contributed by atoms with Crippen LogP contribution in [0, 0.1) is 0 Å². The number of thioether (sulfide) groups is 1. The molecule has 1 amide bonds. The molecule has 5 nitrogen and oxygen atoms in total. The van der Waals surface area contributed by atoms with Crippen molar-refractivity contribution >= 4 is 57.4 Å². The maximum Gasteiger partial charge on any atom is 0.389 e. The summed E-state index contributed by atoms with van der Waals surface area (Å²) in [5.41, 5.74) is 0.511. The third kappa shape index (κ3) is 8.35. The number of alkyl halides is 3. The van der Waals surface area contributed by atoms with Gasteiger partial charge in [0.05, 0.1) is 12.6 Å². The quantitative estimate of drug-likeness (QED) is 0.187. The van der Waals surface area contributed by atoms with Gasteiger partial charge in [0.2, 0.25) is 5.91 Å². The number of hydrogen-bond acceptors (Lipinski definition) is 6. The van der Waals surface area contributed by atoms with Crippen molar-refractivity contribution in [2.75, 3.05) is 23.5 Å². The van der Waals surface area contributed by atoms with Crippen molar-refractivity contribution in [2.45, 2.75) is 25.9 Å². The fraction of sp³-hybridized carbons (Fsp3) is 0.438. The van der Waals surface area contributed by atoms with Crippen LogP contribution in [0.5, 0.6) is 0 Å². The van der Waals surface area contributed by atoms with Gasteiger partial charge in [-0.2, -0.15) is 24.9 Å². The number of halogens is 4. The molecule has 1 aromatic heterocycles. The highest BCUT2D eigenvalue weighted by Gasteiger charge is 2.26. The summed E-state index contributed by atoms with van der Waals surface area (Å²) in [5.74, 6) is -0.0704. The molecule has 150 valence electrons. The van der Waals surface area contributed by atoms with Gasteiger partial charge in [-0.05, 0) is 6.92 Å². The van der Waals surface area contributed by atoms with E-state index in [1.54, 1.807) is 18.2 Å². The molecule has 1 rings (SSSR count). The van der Waals surface area contributed by atoms with Crippen LogP contribution >= 0.6 is 34.7 Å². The summed E-state index contributed by atoms with van der Waals surface area (Å²) in [4.78, 5) is 17.8. The fourth-order valence-electron chi connectivity index (χ4n) is 1.79. The van der Waals surface area contributed by atoms with E-state index in [1.807, 2.05) is 6.92 Å². The van der Waals surface area contributed by atoms with Crippen molar-refractivity contribution < 1.29 is 23.2 Å². The molecule has 0 saturated heterocycles. The standard InChI is InChI=1S/C16H19ClF3N3O2S2/c1-3-4-5-11(10-21-25)14-22-13(17)15(27-14)23(2)12(24)6-8-26-9-7-16(18,19)20/h3-5,10,25H,6-9H2,1-2H3/b4-3-,11-5+,21-10+. The van der Waals surface area contributed by atoms with E-state index in [2.05, 4.69) is 10.1 Å². The molecule has 0 aliphatic heterocycles. The number of oxime groups is 1. The first-order valence-corrected chi connectivity index (χ1v) is 10.1. The van der Waals surface area contributed by atoms with Crippen LogP contribution in [0.2, 0.25) is 5.15 Å². The first-order valence-electron chi connectivity index (χ1n) is 7.77. The van der Waals surface area contributed by atoms with Crippen molar-refractivity contribution in [3.63, 3.8) is 0 Å². The van der Waals surface area contributed by atoms with Crippen LogP contribution in [-0.2, 0) is 4.79 Å². The predicted molar refractivity (Wildman–Crippen MR) is 106 cm³/mol. The molecular formula is C16H19ClF3N3O2S2. The monoisotopic (exact) mass is 441 g/mol. The molecule has 27 heavy (non-hydrogen) atoms. The van der Waals surface area contributed by atoms with Crippen molar-refractivity contribution in [3.05, 3.63) is 28.4 Å². The maximum absolute atomic E-state index is 12.3. The second kappa shape index (κ2) is 11.4. The molecule has 0 saturated carbocycles. The Kier molecular flexibility index (Phi) is 9.89. The Morgan fingerprint density at radius 2 is 2.15 bits per heavy atom. The van der Waals surface area contributed by atoms with E-state index in [9.17, 15) is 18.0 Å². The average Bonchev–Trinajstić information content (AvgIpc) is 2.98. The van der Waals surface area contributed by atoms with E-state index in [4.69, 9.17) is 16.8 Å². The fourth-order valence-corrected chi connectivity index (χ4v) is 3.99. The Hall–Kier alpha value is -1.52. The molecule has 0 unspecified atom stereocenters. The van der Waals surface area contributed by atoms with Crippen molar-refractivity contribution in [2.24, 2.45) is 5.16 Å². The molecule has 0 fully saturated rings. The second-order valence-electron chi connectivity index (χ2n) is 5.19. The van der Waals surface area contributed by atoms with Crippen LogP contribution in [0.4, 0.5) is 18.2 Å². The van der Waals surface area contributed by atoms with Crippen molar-refractivity contribution in [1.29, 1.82) is 0 Å². The number of anilines is 1. The lowest BCUT2D eigenvalue weighted by Crippen LogP contribution is -2.26. The first kappa shape index (κ1) is 23.5. The SMILES string of the molecule is C\C=C/C=C(\C=N\O)c1nc(Cl)c(N(C)C(=O)CCSCCC(F)(F)F)s1. The van der Waals surface area contributed by atoms with Gasteiger partial charge in [-0.25, -0.2) is 4.98 Å². The Balaban J connectivity index is 2.73. The molecule has 11 heteroatoms. The summed E-state index contributed by atoms with van der Waals surface area (Å²) in [6.45, 7) is 1.82. The summed E-state index contributed by atoms with van der Waals surface area (Å²) >= 11 is 8.34. The van der Waals surface area contributed by atoms with Crippen LogP contribution in [0.15, 0.2) is 23.4 Å². The van der Waals surface area contributed by atoms with E-state index in [1.165, 1.54) is 18.2 Å². The number of carbonyl (C=O) groups excluding carboxylic acids is 1. The average molecular weight is 442 g/mol. The lowest BCUT2D eigenvalue weighted by molar-refractivity contribution is -0.129. The van der Waals surface area contributed by atoms with Gasteiger partial charge < -0.3 is 10.1 Å². The third-order valence-electron chi connectivity index (χ3n) is 3.15. The van der Waals surface area contributed by atoms with E-state index in [0.29, 0.717) is 15.6 Å². The van der Waals surface area contributed by atoms with Gasteiger partial charge >= 0.3 is 6.18 Å². The van der Waals surface area contributed by atoms with Crippen molar-refractivity contribution in [1.82, 2.24) is 4.98 Å². The highest BCUT2D eigenvalue weighted by atomic mass is 35.5. The highest BCUT2D eigenvalue weighted by molar-refractivity contribution is 7.99. The van der Waals surface area contributed by atoms with Crippen molar-refractivity contribution in [3.8, 4) is 0 Å². The smallest absolute Gasteiger partial charge is 0.389 e. The topological polar surface area (TPSA) is 65.8 Å². The Labute approximate surface area is 168 Å². The van der Waals surface area contributed by atoms with Gasteiger partial charge in [0.15, 0.2) is 5.15 Å². The second-order valence-corrected chi connectivity index (χ2v) is 7.75. The Morgan fingerprint density at radius 3 is 2.74 bits per heavy atom. The predicted octanol–water partition coefficient (Wildman–Crippen LogP) is 5.25. The molecule has 0 aliphatic carbocycles. The molecule has 0 spiro atoms. The minimum Gasteiger partial charge on any atom is -0.411 e. The zero-order valence-electron chi connectivity index (χ0n) is 14.7. The van der Waals surface area contributed by atoms with Crippen LogP contribution in [0.1, 0.15) is 24.8 Å². The number of nitrogens with zero attached hydrogens (tertiary/aromatic N) is 3. The third-order valence-corrected chi connectivity index (χ3v) is 5.69. The molecule has 1 N–H and O–H groups in total. The number of aromatic nitrogens is 1. The normalized spacial score (nSPS) is 13.0. The molecule has 1 heterocycles. The summed E-state index contributed by atoms with van der Waals surface area (Å²) in [6.07, 6.45) is 1.43. The van der Waals surface area contributed by atoms with E-state index in [-0.39, 0.29) is 29.0 Å². The Bertz CT molecular complexity index is 718. The molecule has 1 aromatic rings. The Morgan fingerprint density at radius 1 is 1.44 bits per heavy atom. The summed E-state index contributed by atoms with van der Waals surface area (Å²) in [5, 5.41) is 12.8. The molecular weight excluding hydrogens is 423 g/mol. The van der Waals surface area contributed by atoms with Gasteiger partial charge in [-0.3, -0.25) is 4.79 Å². The summed E-state index contributed by atoms with van der Waals surface area (Å²) < 4.78 is 36.3. The van der Waals surface area contributed by atoms with Crippen LogP contribution < -0.4 is 4.90 Å². The molecule has 0 aromatic carbocycles. The summed E-state index contributed by atoms with van der Waals surface area (Å²) in [6, 6.07) is 0. The largest absolute Gasteiger partial charge is 0.411 e. The zero-order chi connectivity index (χ0) is 20.4. The number of allylic oxidation sites excluding steroid dienone is 4. The molecule has 0 bridgehead atoms. The summed E-state index contributed by atoms with van der Waals surface area (Å²) in [7, 11) is 1.53. The molecule has 0 atom stereocenters. The lowest BCUT2D eigenvalue weighted by atomic mass is 10.3. The maximum atomic E-state index is 12.3. The van der Waals surface area contributed by atoms with Gasteiger partial charge in [0.1, 0.15) is 10.0 Å². The number of hydrogen-bond donors (Lipinski definition) is 1. The van der Waals surface area contributed by atoms with E-state index >= 15 is 0 Å². The minimum absolute atomic E-state index is 0.0778. The van der Waals surface area contributed by atoms with Gasteiger partial charge in [-0.15, -0.1) is 0 Å². The number of carbonyl (C=O) groups is 1. The molecule has 0 radical (unpaired) electrons. The van der Waals surface area contributed by atoms with E-state index < -0.39 is 12.6 Å². The number of amides is 1.